The number of hydrogen-bond acceptors (Lipinski definition) is 2. The van der Waals surface area contributed by atoms with E-state index in [1.807, 2.05) is 5.48 Å². The fraction of sp³-hybridized carbons (Fsp3) is 0.682. The van der Waals surface area contributed by atoms with E-state index in [2.05, 4.69) is 18.2 Å². The van der Waals surface area contributed by atoms with Crippen molar-refractivity contribution in [2.75, 3.05) is 0 Å². The van der Waals surface area contributed by atoms with Crippen molar-refractivity contribution >= 4 is 5.91 Å². The third-order valence-corrected chi connectivity index (χ3v) is 7.80. The predicted octanol–water partition coefficient (Wildman–Crippen LogP) is 4.30. The Hall–Kier alpha value is -1.35. The third kappa shape index (κ3) is 2.54. The predicted molar refractivity (Wildman–Crippen MR) is 96.4 cm³/mol. The maximum absolute atomic E-state index is 12.0. The van der Waals surface area contributed by atoms with Crippen LogP contribution in [-0.4, -0.2) is 11.1 Å². The van der Waals surface area contributed by atoms with Crippen molar-refractivity contribution in [3.63, 3.8) is 0 Å². The first kappa shape index (κ1) is 15.9. The van der Waals surface area contributed by atoms with Gasteiger partial charge >= 0.3 is 0 Å². The van der Waals surface area contributed by atoms with Gasteiger partial charge in [-0.1, -0.05) is 18.2 Å². The van der Waals surface area contributed by atoms with E-state index in [4.69, 9.17) is 5.21 Å². The van der Waals surface area contributed by atoms with Crippen LogP contribution in [0.4, 0.5) is 0 Å². The molecule has 4 fully saturated rings. The van der Waals surface area contributed by atoms with Gasteiger partial charge in [0.15, 0.2) is 0 Å². The highest BCUT2D eigenvalue weighted by Gasteiger charge is 2.58. The number of hydroxylamine groups is 1. The van der Waals surface area contributed by atoms with Gasteiger partial charge in [0, 0.05) is 6.42 Å². The van der Waals surface area contributed by atoms with E-state index in [0.717, 1.165) is 18.3 Å². The molecule has 0 spiro atoms. The molecule has 0 radical (unpaired) electrons. The van der Waals surface area contributed by atoms with Crippen LogP contribution in [0.5, 0.6) is 0 Å². The van der Waals surface area contributed by atoms with Crippen molar-refractivity contribution in [1.29, 1.82) is 0 Å². The summed E-state index contributed by atoms with van der Waals surface area (Å²) in [6, 6.07) is 7.34. The van der Waals surface area contributed by atoms with Crippen LogP contribution in [0.25, 0.3) is 0 Å². The Bertz CT molecular complexity index is 696. The minimum Gasteiger partial charge on any atom is -0.289 e. The van der Waals surface area contributed by atoms with Gasteiger partial charge in [-0.15, -0.1) is 0 Å². The molecule has 6 rings (SSSR count). The lowest BCUT2D eigenvalue weighted by molar-refractivity contribution is -0.139. The van der Waals surface area contributed by atoms with E-state index in [0.29, 0.717) is 6.42 Å². The van der Waals surface area contributed by atoms with Crippen molar-refractivity contribution in [3.8, 4) is 0 Å². The van der Waals surface area contributed by atoms with Crippen LogP contribution in [0.3, 0.4) is 0 Å². The monoisotopic (exact) mass is 339 g/mol. The summed E-state index contributed by atoms with van der Waals surface area (Å²) in [5, 5.41) is 9.05. The summed E-state index contributed by atoms with van der Waals surface area (Å²) in [7, 11) is 0. The van der Waals surface area contributed by atoms with Gasteiger partial charge in [0.25, 0.3) is 0 Å². The van der Waals surface area contributed by atoms with E-state index in [-0.39, 0.29) is 16.7 Å². The van der Waals surface area contributed by atoms with Crippen LogP contribution in [-0.2, 0) is 23.1 Å². The molecule has 2 atom stereocenters. The molecule has 1 aromatic carbocycles. The summed E-state index contributed by atoms with van der Waals surface area (Å²) in [6.45, 7) is 0. The summed E-state index contributed by atoms with van der Waals surface area (Å²) in [5.41, 5.74) is 7.00. The lowest BCUT2D eigenvalue weighted by Crippen LogP contribution is -2.55. The summed E-state index contributed by atoms with van der Waals surface area (Å²) in [6.07, 6.45) is 13.1. The van der Waals surface area contributed by atoms with Gasteiger partial charge < -0.3 is 0 Å². The number of hydrogen-bond donors (Lipinski definition) is 2. The van der Waals surface area contributed by atoms with Gasteiger partial charge in [-0.2, -0.15) is 0 Å². The zero-order chi connectivity index (χ0) is 17.1. The molecule has 2 N–H and O–H groups in total. The molecular weight excluding hydrogens is 310 g/mol. The molecule has 4 saturated carbocycles. The van der Waals surface area contributed by atoms with E-state index in [9.17, 15) is 4.79 Å². The topological polar surface area (TPSA) is 49.3 Å². The summed E-state index contributed by atoms with van der Waals surface area (Å²) in [4.78, 5) is 12.0. The normalized spacial score (nSPS) is 38.4. The molecule has 2 unspecified atom stereocenters. The molecule has 25 heavy (non-hydrogen) atoms. The van der Waals surface area contributed by atoms with E-state index in [1.54, 1.807) is 16.7 Å². The number of benzene rings is 1. The highest BCUT2D eigenvalue weighted by Crippen LogP contribution is 2.66. The third-order valence-electron chi connectivity index (χ3n) is 7.80. The average Bonchev–Trinajstić information content (AvgIpc) is 2.59. The van der Waals surface area contributed by atoms with Crippen LogP contribution in [0, 0.1) is 17.3 Å². The van der Waals surface area contributed by atoms with E-state index >= 15 is 0 Å². The Labute approximate surface area is 150 Å². The molecule has 5 aliphatic carbocycles. The van der Waals surface area contributed by atoms with Crippen LogP contribution >= 0.6 is 0 Å². The summed E-state index contributed by atoms with van der Waals surface area (Å²) >= 11 is 0. The number of amides is 1. The lowest BCUT2D eigenvalue weighted by atomic mass is 9.42. The Morgan fingerprint density at radius 3 is 2.52 bits per heavy atom. The average molecular weight is 339 g/mol. The van der Waals surface area contributed by atoms with Gasteiger partial charge in [0.2, 0.25) is 5.91 Å². The quantitative estimate of drug-likeness (QED) is 0.637. The van der Waals surface area contributed by atoms with Crippen molar-refractivity contribution in [2.45, 2.75) is 76.0 Å². The number of carbonyl (C=O) groups is 1. The molecule has 134 valence electrons. The second-order valence-electron chi connectivity index (χ2n) is 9.64. The Kier molecular flexibility index (Phi) is 3.54. The maximum atomic E-state index is 12.0. The minimum atomic E-state index is -0.192. The second-order valence-corrected chi connectivity index (χ2v) is 9.64. The van der Waals surface area contributed by atoms with Gasteiger partial charge in [-0.05, 0) is 104 Å². The molecule has 3 nitrogen and oxygen atoms in total. The van der Waals surface area contributed by atoms with Crippen molar-refractivity contribution in [2.24, 2.45) is 17.3 Å². The Morgan fingerprint density at radius 2 is 1.80 bits per heavy atom. The molecular formula is C22H29NO2. The molecule has 0 aliphatic heterocycles. The van der Waals surface area contributed by atoms with Crippen LogP contribution in [0.1, 0.15) is 74.5 Å². The fourth-order valence-electron chi connectivity index (χ4n) is 7.44. The summed E-state index contributed by atoms with van der Waals surface area (Å²) < 4.78 is 0. The number of nitrogens with one attached hydrogen (secondary N) is 1. The zero-order valence-corrected chi connectivity index (χ0v) is 15.0. The highest BCUT2D eigenvalue weighted by molar-refractivity contribution is 5.75. The molecule has 0 saturated heterocycles. The molecule has 4 bridgehead atoms. The van der Waals surface area contributed by atoms with E-state index in [1.165, 1.54) is 57.8 Å². The van der Waals surface area contributed by atoms with Crippen molar-refractivity contribution in [1.82, 2.24) is 5.48 Å². The fourth-order valence-corrected chi connectivity index (χ4v) is 7.44. The van der Waals surface area contributed by atoms with Gasteiger partial charge in [-0.25, -0.2) is 5.48 Å². The molecule has 5 aliphatic rings. The summed E-state index contributed by atoms with van der Waals surface area (Å²) in [5.74, 6) is 1.34. The van der Waals surface area contributed by atoms with E-state index < -0.39 is 0 Å². The highest BCUT2D eigenvalue weighted by atomic mass is 16.5. The lowest BCUT2D eigenvalue weighted by Gasteiger charge is -2.62. The standard InChI is InChI=1S/C22H29NO2/c24-20(23-25)13-21-9-15-7-16(10-21)12-22(11-15,14-21)19-6-5-17-3-1-2-4-18(17)8-19/h5-6,8,15-16,25H,1-4,7,9-14H2,(H,23,24). The zero-order valence-electron chi connectivity index (χ0n) is 15.0. The van der Waals surface area contributed by atoms with Crippen molar-refractivity contribution in [3.05, 3.63) is 34.9 Å². The molecule has 1 amide bonds. The number of carbonyl (C=O) groups excluding carboxylic acids is 1. The first-order valence-corrected chi connectivity index (χ1v) is 10.2. The largest absolute Gasteiger partial charge is 0.289 e. The van der Waals surface area contributed by atoms with Crippen LogP contribution in [0.15, 0.2) is 18.2 Å². The maximum Gasteiger partial charge on any atom is 0.243 e. The molecule has 1 aromatic rings. The van der Waals surface area contributed by atoms with Crippen LogP contribution in [0.2, 0.25) is 0 Å². The Balaban J connectivity index is 1.51. The first-order chi connectivity index (χ1) is 12.1. The SMILES string of the molecule is O=C(CC12CC3CC(C1)CC(c1ccc4c(c1)CCCC4)(C3)C2)NO. The Morgan fingerprint density at radius 1 is 1.08 bits per heavy atom. The van der Waals surface area contributed by atoms with Crippen molar-refractivity contribution < 1.29 is 10.0 Å². The molecule has 3 heteroatoms. The number of fused-ring (bicyclic) bond motifs is 1. The molecule has 0 heterocycles. The number of rotatable bonds is 3. The smallest absolute Gasteiger partial charge is 0.243 e. The number of aryl methyl sites for hydroxylation is 2. The molecule has 0 aromatic heterocycles. The van der Waals surface area contributed by atoms with Gasteiger partial charge in [0.1, 0.15) is 0 Å². The second kappa shape index (κ2) is 5.57. The van der Waals surface area contributed by atoms with Gasteiger partial charge in [-0.3, -0.25) is 10.0 Å². The van der Waals surface area contributed by atoms with Gasteiger partial charge in [0.05, 0.1) is 0 Å². The van der Waals surface area contributed by atoms with Crippen LogP contribution < -0.4 is 5.48 Å². The first-order valence-electron chi connectivity index (χ1n) is 10.2. The minimum absolute atomic E-state index is 0.118.